The van der Waals surface area contributed by atoms with Gasteiger partial charge in [0.05, 0.1) is 11.3 Å². The summed E-state index contributed by atoms with van der Waals surface area (Å²) in [7, 11) is 0. The lowest BCUT2D eigenvalue weighted by Crippen LogP contribution is -1.93. The largest absolute Gasteiger partial charge is 0.397 e. The van der Waals surface area contributed by atoms with Crippen molar-refractivity contribution < 1.29 is 4.52 Å². The number of benzene rings is 1. The summed E-state index contributed by atoms with van der Waals surface area (Å²) in [4.78, 5) is 4.32. The number of hydrogen-bond donors (Lipinski definition) is 1. The molecule has 4 nitrogen and oxygen atoms in total. The van der Waals surface area contributed by atoms with Gasteiger partial charge in [0.2, 0.25) is 0 Å². The van der Waals surface area contributed by atoms with Gasteiger partial charge in [-0.1, -0.05) is 34.9 Å². The molecule has 0 fully saturated rings. The molecule has 0 aliphatic heterocycles. The molecule has 0 amide bonds. The molecule has 2 N–H and O–H groups in total. The topological polar surface area (TPSA) is 64.9 Å². The van der Waals surface area contributed by atoms with Crippen molar-refractivity contribution in [1.29, 1.82) is 0 Å². The highest BCUT2D eigenvalue weighted by atomic mass is 79.9. The number of aromatic nitrogens is 2. The number of anilines is 1. The highest BCUT2D eigenvalue weighted by molar-refractivity contribution is 9.11. The Bertz CT molecular complexity index is 552. The Morgan fingerprint density at radius 1 is 1.29 bits per heavy atom. The van der Waals surface area contributed by atoms with E-state index in [4.69, 9.17) is 10.3 Å². The Balaban J connectivity index is 2.52. The van der Waals surface area contributed by atoms with Gasteiger partial charge >= 0.3 is 0 Å². The maximum absolute atomic E-state index is 5.97. The Kier molecular flexibility index (Phi) is 3.53. The van der Waals surface area contributed by atoms with E-state index in [0.717, 1.165) is 14.5 Å². The normalized spacial score (nSPS) is 11.1. The van der Waals surface area contributed by atoms with Gasteiger partial charge in [0.1, 0.15) is 0 Å². The van der Waals surface area contributed by atoms with Crippen LogP contribution in [0.2, 0.25) is 0 Å². The van der Waals surface area contributed by atoms with Crippen LogP contribution in [0.5, 0.6) is 0 Å². The van der Waals surface area contributed by atoms with Crippen LogP contribution in [0.25, 0.3) is 11.5 Å². The number of halogens is 2. The van der Waals surface area contributed by atoms with Crippen LogP contribution < -0.4 is 5.73 Å². The van der Waals surface area contributed by atoms with E-state index in [0.29, 0.717) is 17.4 Å². The van der Waals surface area contributed by atoms with E-state index >= 15 is 0 Å². The summed E-state index contributed by atoms with van der Waals surface area (Å²) in [6, 6.07) is 3.73. The molecule has 1 heterocycles. The fourth-order valence-corrected chi connectivity index (χ4v) is 2.57. The van der Waals surface area contributed by atoms with Crippen molar-refractivity contribution >= 4 is 37.5 Å². The number of hydrogen-bond acceptors (Lipinski definition) is 4. The summed E-state index contributed by atoms with van der Waals surface area (Å²) in [5.74, 6) is 1.34. The molecule has 0 saturated carbocycles. The molecule has 0 bridgehead atoms. The maximum Gasteiger partial charge on any atom is 0.260 e. The first-order chi connectivity index (χ1) is 7.99. The van der Waals surface area contributed by atoms with E-state index in [9.17, 15) is 0 Å². The molecule has 0 atom stereocenters. The average Bonchev–Trinajstić information content (AvgIpc) is 2.72. The number of rotatable bonds is 2. The monoisotopic (exact) mass is 359 g/mol. The van der Waals surface area contributed by atoms with Crippen molar-refractivity contribution in [2.45, 2.75) is 19.8 Å². The van der Waals surface area contributed by atoms with Gasteiger partial charge in [-0.3, -0.25) is 0 Å². The van der Waals surface area contributed by atoms with Gasteiger partial charge in [-0.25, -0.2) is 0 Å². The smallest absolute Gasteiger partial charge is 0.260 e. The van der Waals surface area contributed by atoms with Crippen molar-refractivity contribution in [3.63, 3.8) is 0 Å². The van der Waals surface area contributed by atoms with E-state index < -0.39 is 0 Å². The Morgan fingerprint density at radius 2 is 2.00 bits per heavy atom. The second kappa shape index (κ2) is 4.78. The quantitative estimate of drug-likeness (QED) is 0.823. The molecule has 0 unspecified atom stereocenters. The van der Waals surface area contributed by atoms with E-state index in [1.807, 2.05) is 26.0 Å². The van der Waals surface area contributed by atoms with Crippen molar-refractivity contribution in [1.82, 2.24) is 10.1 Å². The average molecular weight is 361 g/mol. The van der Waals surface area contributed by atoms with Gasteiger partial charge in [0, 0.05) is 14.9 Å². The first-order valence-electron chi connectivity index (χ1n) is 5.07. The summed E-state index contributed by atoms with van der Waals surface area (Å²) < 4.78 is 6.92. The van der Waals surface area contributed by atoms with Crippen molar-refractivity contribution in [2.24, 2.45) is 0 Å². The molecular weight excluding hydrogens is 350 g/mol. The lowest BCUT2D eigenvalue weighted by Gasteiger charge is -2.04. The minimum absolute atomic E-state index is 0.226. The fraction of sp³-hybridized carbons (Fsp3) is 0.273. The van der Waals surface area contributed by atoms with Gasteiger partial charge in [-0.2, -0.15) is 4.98 Å². The fourth-order valence-electron chi connectivity index (χ4n) is 1.34. The molecule has 2 rings (SSSR count). The molecule has 90 valence electrons. The molecule has 2 aromatic rings. The second-order valence-electron chi connectivity index (χ2n) is 3.96. The van der Waals surface area contributed by atoms with Crippen LogP contribution >= 0.6 is 31.9 Å². The molecule has 1 aromatic heterocycles. The lowest BCUT2D eigenvalue weighted by atomic mass is 10.2. The van der Waals surface area contributed by atoms with Crippen LogP contribution in [0.15, 0.2) is 25.6 Å². The van der Waals surface area contributed by atoms with Crippen LogP contribution in [-0.4, -0.2) is 10.1 Å². The molecule has 0 spiro atoms. The minimum Gasteiger partial charge on any atom is -0.397 e. The minimum atomic E-state index is 0.226. The summed E-state index contributed by atoms with van der Waals surface area (Å²) in [5.41, 5.74) is 7.29. The first kappa shape index (κ1) is 12.6. The van der Waals surface area contributed by atoms with E-state index in [-0.39, 0.29) is 5.92 Å². The highest BCUT2D eigenvalue weighted by Crippen LogP contribution is 2.34. The van der Waals surface area contributed by atoms with Gasteiger partial charge in [-0.15, -0.1) is 0 Å². The van der Waals surface area contributed by atoms with E-state index in [2.05, 4.69) is 42.0 Å². The zero-order valence-electron chi connectivity index (χ0n) is 9.37. The predicted octanol–water partition coefficient (Wildman–Crippen LogP) is 3.97. The molecule has 0 aliphatic carbocycles. The molecular formula is C11H11Br2N3O. The SMILES string of the molecule is CC(C)c1noc(-c2cc(Br)cc(Br)c2N)n1. The maximum atomic E-state index is 5.97. The number of nitrogens with two attached hydrogens (primary N) is 1. The van der Waals surface area contributed by atoms with E-state index in [1.54, 1.807) is 0 Å². The second-order valence-corrected chi connectivity index (χ2v) is 5.73. The molecule has 17 heavy (non-hydrogen) atoms. The molecule has 0 aliphatic rings. The lowest BCUT2D eigenvalue weighted by molar-refractivity contribution is 0.419. The standard InChI is InChI=1S/C11H11Br2N3O/c1-5(2)10-15-11(17-16-10)7-3-6(12)4-8(13)9(7)14/h3-5H,14H2,1-2H3. The molecule has 0 radical (unpaired) electrons. The van der Waals surface area contributed by atoms with Crippen LogP contribution in [0, 0.1) is 0 Å². The third-order valence-electron chi connectivity index (χ3n) is 2.28. The zero-order chi connectivity index (χ0) is 12.6. The summed E-state index contributed by atoms with van der Waals surface area (Å²) >= 11 is 6.79. The van der Waals surface area contributed by atoms with Gasteiger partial charge < -0.3 is 10.3 Å². The van der Waals surface area contributed by atoms with Crippen molar-refractivity contribution in [3.8, 4) is 11.5 Å². The Morgan fingerprint density at radius 3 is 2.59 bits per heavy atom. The van der Waals surface area contributed by atoms with Gasteiger partial charge in [0.25, 0.3) is 5.89 Å². The van der Waals surface area contributed by atoms with Crippen LogP contribution in [-0.2, 0) is 0 Å². The third-order valence-corrected chi connectivity index (χ3v) is 3.40. The van der Waals surface area contributed by atoms with Crippen LogP contribution in [0.4, 0.5) is 5.69 Å². The summed E-state index contributed by atoms with van der Waals surface area (Å²) in [6.45, 7) is 4.02. The van der Waals surface area contributed by atoms with Crippen molar-refractivity contribution in [3.05, 3.63) is 26.9 Å². The van der Waals surface area contributed by atoms with Crippen LogP contribution in [0.3, 0.4) is 0 Å². The highest BCUT2D eigenvalue weighted by Gasteiger charge is 2.15. The Hall–Kier alpha value is -0.880. The molecule has 0 saturated heterocycles. The third kappa shape index (κ3) is 2.52. The Labute approximate surface area is 116 Å². The van der Waals surface area contributed by atoms with Crippen LogP contribution in [0.1, 0.15) is 25.6 Å². The summed E-state index contributed by atoms with van der Waals surface area (Å²) in [6.07, 6.45) is 0. The van der Waals surface area contributed by atoms with Gasteiger partial charge in [-0.05, 0) is 28.1 Å². The van der Waals surface area contributed by atoms with E-state index in [1.165, 1.54) is 0 Å². The first-order valence-corrected chi connectivity index (χ1v) is 6.66. The zero-order valence-corrected chi connectivity index (χ0v) is 12.5. The molecule has 1 aromatic carbocycles. The van der Waals surface area contributed by atoms with Gasteiger partial charge in [0.15, 0.2) is 5.82 Å². The summed E-state index contributed by atoms with van der Waals surface area (Å²) in [5, 5.41) is 3.92. The number of nitrogen functional groups attached to an aromatic ring is 1. The molecule has 6 heteroatoms. The predicted molar refractivity (Wildman–Crippen MR) is 73.6 cm³/mol. The number of nitrogens with zero attached hydrogens (tertiary/aromatic N) is 2. The van der Waals surface area contributed by atoms with Crippen molar-refractivity contribution in [2.75, 3.05) is 5.73 Å².